The molecule has 0 aliphatic rings. The Morgan fingerprint density at radius 3 is 1.67 bits per heavy atom. The molecule has 0 rings (SSSR count). The molecule has 0 aromatic heterocycles. The number of hydrogen-bond donors (Lipinski definition) is 0. The van der Waals surface area contributed by atoms with E-state index in [9.17, 15) is 0 Å². The molecule has 0 N–H and O–H groups in total. The van der Waals surface area contributed by atoms with Crippen molar-refractivity contribution in [3.05, 3.63) is 49.6 Å². The summed E-state index contributed by atoms with van der Waals surface area (Å²) >= 11 is 0. The van der Waals surface area contributed by atoms with Crippen LogP contribution in [0.3, 0.4) is 0 Å². The van der Waals surface area contributed by atoms with Crippen LogP contribution in [-0.2, 0) is 0 Å². The van der Waals surface area contributed by atoms with Crippen molar-refractivity contribution in [1.82, 2.24) is 0 Å². The van der Waals surface area contributed by atoms with Gasteiger partial charge in [0.1, 0.15) is 0 Å². The van der Waals surface area contributed by atoms with Gasteiger partial charge in [-0.15, -0.1) is 0 Å². The van der Waals surface area contributed by atoms with Gasteiger partial charge in [-0.3, -0.25) is 0 Å². The van der Waals surface area contributed by atoms with Gasteiger partial charge >= 0.3 is 0 Å². The highest BCUT2D eigenvalue weighted by Gasteiger charge is 1.70. The van der Waals surface area contributed by atoms with E-state index in [0.29, 0.717) is 0 Å². The molecule has 0 spiro atoms. The van der Waals surface area contributed by atoms with Crippen molar-refractivity contribution in [2.24, 2.45) is 0 Å². The van der Waals surface area contributed by atoms with Crippen LogP contribution in [0.4, 0.5) is 0 Å². The molecule has 0 radical (unpaired) electrons. The van der Waals surface area contributed by atoms with Crippen LogP contribution < -0.4 is 0 Å². The SMILES string of the molecule is C=C/C=C\C(=C)C=C.CC.CC. The molecule has 0 saturated carbocycles. The molecule has 0 atom stereocenters. The maximum absolute atomic E-state index is 3.66. The molecule has 0 heterocycles. The molecule has 0 aromatic rings. The van der Waals surface area contributed by atoms with E-state index in [0.717, 1.165) is 5.57 Å². The van der Waals surface area contributed by atoms with E-state index in [-0.39, 0.29) is 0 Å². The van der Waals surface area contributed by atoms with Gasteiger partial charge in [0.05, 0.1) is 0 Å². The fraction of sp³-hybridized carbons (Fsp3) is 0.333. The van der Waals surface area contributed by atoms with Gasteiger partial charge in [0.25, 0.3) is 0 Å². The van der Waals surface area contributed by atoms with E-state index in [2.05, 4.69) is 19.7 Å². The Labute approximate surface area is 78.0 Å². The summed E-state index contributed by atoms with van der Waals surface area (Å²) in [5.41, 5.74) is 0.907. The highest BCUT2D eigenvalue weighted by Crippen LogP contribution is 1.91. The van der Waals surface area contributed by atoms with Crippen molar-refractivity contribution in [2.75, 3.05) is 0 Å². The first-order valence-electron chi connectivity index (χ1n) is 4.41. The zero-order valence-corrected chi connectivity index (χ0v) is 8.93. The summed E-state index contributed by atoms with van der Waals surface area (Å²) in [6.07, 6.45) is 7.07. The van der Waals surface area contributed by atoms with E-state index < -0.39 is 0 Å². The Balaban J connectivity index is -0.000000175. The lowest BCUT2D eigenvalue weighted by Crippen LogP contribution is -1.59. The molecule has 70 valence electrons. The number of rotatable bonds is 3. The van der Waals surface area contributed by atoms with Gasteiger partial charge in [0.15, 0.2) is 0 Å². The van der Waals surface area contributed by atoms with Crippen LogP contribution in [0.5, 0.6) is 0 Å². The Kier molecular flexibility index (Phi) is 32.2. The van der Waals surface area contributed by atoms with Crippen LogP contribution in [0.1, 0.15) is 27.7 Å². The fourth-order valence-corrected chi connectivity index (χ4v) is 0.260. The lowest BCUT2D eigenvalue weighted by atomic mass is 10.3. The molecule has 0 fully saturated rings. The zero-order valence-electron chi connectivity index (χ0n) is 8.93. The van der Waals surface area contributed by atoms with Crippen LogP contribution in [0.2, 0.25) is 0 Å². The molecular formula is C12H22. The van der Waals surface area contributed by atoms with Gasteiger partial charge in [0, 0.05) is 0 Å². The Morgan fingerprint density at radius 2 is 1.42 bits per heavy atom. The first-order chi connectivity index (χ1) is 5.81. The van der Waals surface area contributed by atoms with Gasteiger partial charge in [-0.2, -0.15) is 0 Å². The van der Waals surface area contributed by atoms with Crippen LogP contribution >= 0.6 is 0 Å². The summed E-state index contributed by atoms with van der Waals surface area (Å²) < 4.78 is 0. The predicted octanol–water partition coefficient (Wildman–Crippen LogP) is 4.52. The topological polar surface area (TPSA) is 0 Å². The first kappa shape index (κ1) is 17.2. The average molecular weight is 166 g/mol. The fourth-order valence-electron chi connectivity index (χ4n) is 0.260. The van der Waals surface area contributed by atoms with E-state index >= 15 is 0 Å². The van der Waals surface area contributed by atoms with Crippen LogP contribution in [0, 0.1) is 0 Å². The molecule has 0 heteroatoms. The van der Waals surface area contributed by atoms with Crippen LogP contribution in [0.15, 0.2) is 49.6 Å². The van der Waals surface area contributed by atoms with Crippen LogP contribution in [-0.4, -0.2) is 0 Å². The smallest absolute Gasteiger partial charge is 0.0335 e. The zero-order chi connectivity index (χ0) is 10.4. The third-order valence-corrected chi connectivity index (χ3v) is 0.709. The summed E-state index contributed by atoms with van der Waals surface area (Å²) in [5.74, 6) is 0. The summed E-state index contributed by atoms with van der Waals surface area (Å²) in [6.45, 7) is 18.7. The van der Waals surface area contributed by atoms with E-state index in [4.69, 9.17) is 0 Å². The van der Waals surface area contributed by atoms with E-state index in [1.165, 1.54) is 0 Å². The maximum atomic E-state index is 3.66. The molecular weight excluding hydrogens is 144 g/mol. The Bertz CT molecular complexity index is 127. The largest absolute Gasteiger partial charge is 0.0991 e. The van der Waals surface area contributed by atoms with Gasteiger partial charge in [-0.1, -0.05) is 71.7 Å². The molecule has 0 aliphatic carbocycles. The second-order valence-corrected chi connectivity index (χ2v) is 1.37. The highest BCUT2D eigenvalue weighted by molar-refractivity contribution is 5.27. The molecule has 12 heavy (non-hydrogen) atoms. The second-order valence-electron chi connectivity index (χ2n) is 1.37. The molecule has 0 nitrogen and oxygen atoms in total. The van der Waals surface area contributed by atoms with Gasteiger partial charge < -0.3 is 0 Å². The van der Waals surface area contributed by atoms with Crippen molar-refractivity contribution < 1.29 is 0 Å². The molecule has 0 saturated heterocycles. The Morgan fingerprint density at radius 1 is 1.00 bits per heavy atom. The molecule has 0 aromatic carbocycles. The Hall–Kier alpha value is -1.04. The van der Waals surface area contributed by atoms with Crippen molar-refractivity contribution in [2.45, 2.75) is 27.7 Å². The maximum Gasteiger partial charge on any atom is -0.0335 e. The quantitative estimate of drug-likeness (QED) is 0.541. The first-order valence-corrected chi connectivity index (χ1v) is 4.41. The molecule has 0 bridgehead atoms. The van der Waals surface area contributed by atoms with E-state index in [1.54, 1.807) is 12.2 Å². The number of allylic oxidation sites excluding steroid dienone is 5. The summed E-state index contributed by atoms with van der Waals surface area (Å²) in [7, 11) is 0. The van der Waals surface area contributed by atoms with Gasteiger partial charge in [-0.25, -0.2) is 0 Å². The molecule has 0 amide bonds. The van der Waals surface area contributed by atoms with Crippen molar-refractivity contribution >= 4 is 0 Å². The second kappa shape index (κ2) is 22.5. The minimum atomic E-state index is 0.907. The lowest BCUT2D eigenvalue weighted by Gasteiger charge is -1.80. The summed E-state index contributed by atoms with van der Waals surface area (Å²) in [4.78, 5) is 0. The molecule has 0 unspecified atom stereocenters. The van der Waals surface area contributed by atoms with Crippen molar-refractivity contribution in [3.8, 4) is 0 Å². The van der Waals surface area contributed by atoms with Gasteiger partial charge in [0.2, 0.25) is 0 Å². The molecule has 0 aliphatic heterocycles. The minimum absolute atomic E-state index is 0.907. The monoisotopic (exact) mass is 166 g/mol. The van der Waals surface area contributed by atoms with Crippen molar-refractivity contribution in [3.63, 3.8) is 0 Å². The standard InChI is InChI=1S/C8H10.2C2H6/c1-4-6-7-8(3)5-2;2*1-2/h4-7H,1-3H2;2*1-2H3/b7-6-;;. The van der Waals surface area contributed by atoms with Crippen LogP contribution in [0.25, 0.3) is 0 Å². The van der Waals surface area contributed by atoms with Crippen molar-refractivity contribution in [1.29, 1.82) is 0 Å². The lowest BCUT2D eigenvalue weighted by molar-refractivity contribution is 1.50. The third-order valence-electron chi connectivity index (χ3n) is 0.709. The highest BCUT2D eigenvalue weighted by atomic mass is 13.8. The predicted molar refractivity (Wildman–Crippen MR) is 61.4 cm³/mol. The minimum Gasteiger partial charge on any atom is -0.0991 e. The average Bonchev–Trinajstić information content (AvgIpc) is 2.20. The number of hydrogen-bond acceptors (Lipinski definition) is 0. The third kappa shape index (κ3) is 23.1. The summed E-state index contributed by atoms with van der Waals surface area (Å²) in [5, 5.41) is 0. The van der Waals surface area contributed by atoms with Gasteiger partial charge in [-0.05, 0) is 5.57 Å². The normalized spacial score (nSPS) is 7.00. The van der Waals surface area contributed by atoms with E-state index in [1.807, 2.05) is 39.8 Å². The summed E-state index contributed by atoms with van der Waals surface area (Å²) in [6, 6.07) is 0.